The Morgan fingerprint density at radius 1 is 1.42 bits per heavy atom. The van der Waals surface area contributed by atoms with Crippen molar-refractivity contribution in [2.45, 2.75) is 12.8 Å². The number of nitrogens with zero attached hydrogens (tertiary/aromatic N) is 2. The Hall–Kier alpha value is -1.47. The van der Waals surface area contributed by atoms with Crippen molar-refractivity contribution in [2.24, 2.45) is 5.92 Å². The minimum atomic E-state index is -3.29. The average Bonchev–Trinajstić information content (AvgIpc) is 2.32. The van der Waals surface area contributed by atoms with Crippen LogP contribution in [0.3, 0.4) is 0 Å². The van der Waals surface area contributed by atoms with Gasteiger partial charge in [-0.1, -0.05) is 6.07 Å². The topological polar surface area (TPSA) is 87.6 Å². The number of carbonyl (C=O) groups is 1. The summed E-state index contributed by atoms with van der Waals surface area (Å²) in [6.45, 7) is 0.633. The maximum Gasteiger partial charge on any atom is 0.303 e. The summed E-state index contributed by atoms with van der Waals surface area (Å²) in [5, 5.41) is 8.61. The van der Waals surface area contributed by atoms with Crippen molar-refractivity contribution in [3.05, 3.63) is 30.1 Å². The zero-order valence-corrected chi connectivity index (χ0v) is 11.2. The van der Waals surface area contributed by atoms with Gasteiger partial charge in [-0.05, 0) is 18.1 Å². The molecule has 0 saturated carbocycles. The SMILES string of the molecule is O=C(O)CC1CN(S(=O)(=O)CCc2ccccn2)C1. The molecule has 0 bridgehead atoms. The molecule has 0 amide bonds. The molecule has 0 spiro atoms. The Labute approximate surface area is 112 Å². The van der Waals surface area contributed by atoms with E-state index in [4.69, 9.17) is 5.11 Å². The lowest BCUT2D eigenvalue weighted by Gasteiger charge is -2.37. The molecule has 0 atom stereocenters. The molecule has 6 nitrogen and oxygen atoms in total. The number of hydrogen-bond acceptors (Lipinski definition) is 4. The number of aryl methyl sites for hydroxylation is 1. The second-order valence-corrected chi connectivity index (χ2v) is 6.76. The fourth-order valence-corrected chi connectivity index (χ4v) is 3.64. The molecule has 19 heavy (non-hydrogen) atoms. The number of hydrogen-bond donors (Lipinski definition) is 1. The molecule has 1 saturated heterocycles. The Kier molecular flexibility index (Phi) is 4.16. The van der Waals surface area contributed by atoms with Gasteiger partial charge in [0, 0.05) is 31.4 Å². The van der Waals surface area contributed by atoms with E-state index >= 15 is 0 Å². The van der Waals surface area contributed by atoms with E-state index in [1.807, 2.05) is 6.07 Å². The standard InChI is InChI=1S/C12H16N2O4S/c15-12(16)7-10-8-14(9-10)19(17,18)6-4-11-3-1-2-5-13-11/h1-3,5,10H,4,6-9H2,(H,15,16). The summed E-state index contributed by atoms with van der Waals surface area (Å²) in [5.41, 5.74) is 0.744. The van der Waals surface area contributed by atoms with Crippen LogP contribution in [-0.4, -0.2) is 47.6 Å². The number of rotatable bonds is 6. The third-order valence-corrected chi connectivity index (χ3v) is 4.93. The van der Waals surface area contributed by atoms with Crippen LogP contribution >= 0.6 is 0 Å². The van der Waals surface area contributed by atoms with Crippen molar-refractivity contribution in [3.63, 3.8) is 0 Å². The average molecular weight is 284 g/mol. The Morgan fingerprint density at radius 2 is 2.16 bits per heavy atom. The lowest BCUT2D eigenvalue weighted by molar-refractivity contribution is -0.139. The monoisotopic (exact) mass is 284 g/mol. The zero-order valence-electron chi connectivity index (χ0n) is 10.4. The second kappa shape index (κ2) is 5.66. The van der Waals surface area contributed by atoms with Gasteiger partial charge in [-0.3, -0.25) is 9.78 Å². The van der Waals surface area contributed by atoms with Crippen molar-refractivity contribution in [2.75, 3.05) is 18.8 Å². The molecule has 0 aromatic carbocycles. The molecule has 7 heteroatoms. The fourth-order valence-electron chi connectivity index (χ4n) is 2.03. The highest BCUT2D eigenvalue weighted by Gasteiger charge is 2.36. The van der Waals surface area contributed by atoms with Gasteiger partial charge in [0.2, 0.25) is 10.0 Å². The fraction of sp³-hybridized carbons (Fsp3) is 0.500. The Bertz CT molecular complexity index is 538. The maximum absolute atomic E-state index is 12.0. The smallest absolute Gasteiger partial charge is 0.303 e. The third-order valence-electron chi connectivity index (χ3n) is 3.12. The molecule has 1 aliphatic heterocycles. The van der Waals surface area contributed by atoms with E-state index in [1.165, 1.54) is 4.31 Å². The third kappa shape index (κ3) is 3.74. The summed E-state index contributed by atoms with van der Waals surface area (Å²) in [4.78, 5) is 14.6. The van der Waals surface area contributed by atoms with Crippen LogP contribution in [0.4, 0.5) is 0 Å². The van der Waals surface area contributed by atoms with E-state index in [-0.39, 0.29) is 18.1 Å². The van der Waals surface area contributed by atoms with Gasteiger partial charge < -0.3 is 5.11 Å². The number of carboxylic acids is 1. The highest BCUT2D eigenvalue weighted by Crippen LogP contribution is 2.23. The molecule has 1 N–H and O–H groups in total. The minimum absolute atomic E-state index is 0.0177. The minimum Gasteiger partial charge on any atom is -0.481 e. The molecular formula is C12H16N2O4S. The predicted octanol–water partition coefficient (Wildman–Crippen LogP) is 0.360. The maximum atomic E-state index is 12.0. The van der Waals surface area contributed by atoms with E-state index in [2.05, 4.69) is 4.98 Å². The molecule has 1 fully saturated rings. The van der Waals surface area contributed by atoms with E-state index < -0.39 is 16.0 Å². The number of carboxylic acid groups (broad SMARTS) is 1. The first-order valence-corrected chi connectivity index (χ1v) is 7.68. The van der Waals surface area contributed by atoms with Gasteiger partial charge in [-0.15, -0.1) is 0 Å². The normalized spacial score (nSPS) is 17.1. The summed E-state index contributed by atoms with van der Waals surface area (Å²) < 4.78 is 25.3. The molecular weight excluding hydrogens is 268 g/mol. The van der Waals surface area contributed by atoms with Crippen LogP contribution < -0.4 is 0 Å². The predicted molar refractivity (Wildman–Crippen MR) is 69.0 cm³/mol. The first kappa shape index (κ1) is 14.0. The van der Waals surface area contributed by atoms with E-state index in [0.29, 0.717) is 19.5 Å². The van der Waals surface area contributed by atoms with Gasteiger partial charge in [0.25, 0.3) is 0 Å². The lowest BCUT2D eigenvalue weighted by atomic mass is 10.00. The van der Waals surface area contributed by atoms with Gasteiger partial charge in [-0.2, -0.15) is 0 Å². The molecule has 0 unspecified atom stereocenters. The van der Waals surface area contributed by atoms with Gasteiger partial charge in [0.15, 0.2) is 0 Å². The summed E-state index contributed by atoms with van der Waals surface area (Å²) in [7, 11) is -3.29. The molecule has 0 radical (unpaired) electrons. The van der Waals surface area contributed by atoms with E-state index in [1.54, 1.807) is 18.3 Å². The molecule has 104 valence electrons. The largest absolute Gasteiger partial charge is 0.481 e. The van der Waals surface area contributed by atoms with Crippen LogP contribution in [0.25, 0.3) is 0 Å². The van der Waals surface area contributed by atoms with Crippen LogP contribution in [0.5, 0.6) is 0 Å². The quantitative estimate of drug-likeness (QED) is 0.815. The highest BCUT2D eigenvalue weighted by atomic mass is 32.2. The number of pyridine rings is 1. The summed E-state index contributed by atoms with van der Waals surface area (Å²) >= 11 is 0. The van der Waals surface area contributed by atoms with Crippen molar-refractivity contribution < 1.29 is 18.3 Å². The van der Waals surface area contributed by atoms with Crippen LogP contribution in [0.2, 0.25) is 0 Å². The molecule has 2 heterocycles. The molecule has 1 aliphatic rings. The van der Waals surface area contributed by atoms with Gasteiger partial charge in [0.05, 0.1) is 12.2 Å². The van der Waals surface area contributed by atoms with E-state index in [0.717, 1.165) is 5.69 Å². The van der Waals surface area contributed by atoms with Gasteiger partial charge in [0.1, 0.15) is 0 Å². The van der Waals surface area contributed by atoms with Crippen LogP contribution in [-0.2, 0) is 21.2 Å². The Morgan fingerprint density at radius 3 is 2.74 bits per heavy atom. The lowest BCUT2D eigenvalue weighted by Crippen LogP contribution is -2.51. The number of aromatic nitrogens is 1. The summed E-state index contributed by atoms with van der Waals surface area (Å²) in [6.07, 6.45) is 2.05. The number of aliphatic carboxylic acids is 1. The number of sulfonamides is 1. The van der Waals surface area contributed by atoms with Gasteiger partial charge >= 0.3 is 5.97 Å². The first-order valence-electron chi connectivity index (χ1n) is 6.07. The second-order valence-electron chi connectivity index (χ2n) is 4.67. The zero-order chi connectivity index (χ0) is 13.9. The first-order chi connectivity index (χ1) is 8.97. The van der Waals surface area contributed by atoms with Crippen molar-refractivity contribution >= 4 is 16.0 Å². The summed E-state index contributed by atoms with van der Waals surface area (Å²) in [6, 6.07) is 5.39. The highest BCUT2D eigenvalue weighted by molar-refractivity contribution is 7.89. The van der Waals surface area contributed by atoms with Crippen LogP contribution in [0, 0.1) is 5.92 Å². The van der Waals surface area contributed by atoms with Crippen molar-refractivity contribution in [1.29, 1.82) is 0 Å². The molecule has 0 aliphatic carbocycles. The van der Waals surface area contributed by atoms with Crippen molar-refractivity contribution in [3.8, 4) is 0 Å². The van der Waals surface area contributed by atoms with Crippen molar-refractivity contribution in [1.82, 2.24) is 9.29 Å². The molecule has 1 aromatic heterocycles. The Balaban J connectivity index is 1.82. The van der Waals surface area contributed by atoms with Gasteiger partial charge in [-0.25, -0.2) is 12.7 Å². The molecule has 2 rings (SSSR count). The van der Waals surface area contributed by atoms with Crippen LogP contribution in [0.1, 0.15) is 12.1 Å². The summed E-state index contributed by atoms with van der Waals surface area (Å²) in [5.74, 6) is -0.915. The van der Waals surface area contributed by atoms with Crippen LogP contribution in [0.15, 0.2) is 24.4 Å². The van der Waals surface area contributed by atoms with E-state index in [9.17, 15) is 13.2 Å². The molecule has 1 aromatic rings.